The maximum atomic E-state index is 12.6. The van der Waals surface area contributed by atoms with Gasteiger partial charge in [0.2, 0.25) is 0 Å². The summed E-state index contributed by atoms with van der Waals surface area (Å²) in [7, 11) is 5.69. The number of methoxy groups -OCH3 is 1. The van der Waals surface area contributed by atoms with Gasteiger partial charge in [-0.1, -0.05) is 36.4 Å². The van der Waals surface area contributed by atoms with Gasteiger partial charge >= 0.3 is 5.97 Å². The number of rotatable bonds is 5. The first kappa shape index (κ1) is 16.5. The molecule has 1 aliphatic heterocycles. The second-order valence-electron chi connectivity index (χ2n) is 6.47. The van der Waals surface area contributed by atoms with Crippen molar-refractivity contribution in [3.8, 4) is 5.75 Å². The number of esters is 1. The molecule has 0 fully saturated rings. The first-order valence-corrected chi connectivity index (χ1v) is 8.15. The number of hydrogen-bond acceptors (Lipinski definition) is 4. The fourth-order valence-corrected chi connectivity index (χ4v) is 3.30. The number of nitrogens with zero attached hydrogens (tertiary/aromatic N) is 1. The van der Waals surface area contributed by atoms with Crippen LogP contribution < -0.4 is 4.74 Å². The molecule has 3 rings (SSSR count). The molecule has 1 unspecified atom stereocenters. The van der Waals surface area contributed by atoms with E-state index in [1.54, 1.807) is 7.11 Å². The molecular weight excluding hydrogens is 302 g/mol. The lowest BCUT2D eigenvalue weighted by Gasteiger charge is -2.39. The number of carbonyl (C=O) groups excluding carboxylic acids is 1. The number of carbonyl (C=O) groups is 1. The zero-order chi connectivity index (χ0) is 17.2. The molecule has 0 aromatic heterocycles. The van der Waals surface area contributed by atoms with E-state index in [9.17, 15) is 4.79 Å². The number of benzene rings is 2. The Morgan fingerprint density at radius 3 is 2.58 bits per heavy atom. The van der Waals surface area contributed by atoms with Crippen LogP contribution in [-0.4, -0.2) is 38.6 Å². The van der Waals surface area contributed by atoms with Crippen molar-refractivity contribution in [3.63, 3.8) is 0 Å². The molecular formula is C20H23NO3. The van der Waals surface area contributed by atoms with Crippen LogP contribution in [0.4, 0.5) is 0 Å². The zero-order valence-electron chi connectivity index (χ0n) is 14.4. The molecule has 2 aromatic carbocycles. The van der Waals surface area contributed by atoms with Crippen molar-refractivity contribution in [2.45, 2.75) is 18.4 Å². The molecule has 126 valence electrons. The van der Waals surface area contributed by atoms with Gasteiger partial charge in [-0.25, -0.2) is 4.79 Å². The Morgan fingerprint density at radius 1 is 1.12 bits per heavy atom. The lowest BCUT2D eigenvalue weighted by atomic mass is 9.80. The summed E-state index contributed by atoms with van der Waals surface area (Å²) in [5, 5.41) is 0. The Bertz CT molecular complexity index is 741. The highest BCUT2D eigenvalue weighted by molar-refractivity contribution is 5.92. The third-order valence-electron chi connectivity index (χ3n) is 4.56. The molecule has 24 heavy (non-hydrogen) atoms. The smallest absolute Gasteiger partial charge is 0.339 e. The van der Waals surface area contributed by atoms with E-state index in [-0.39, 0.29) is 5.97 Å². The van der Waals surface area contributed by atoms with Crippen LogP contribution in [-0.2, 0) is 16.8 Å². The minimum Gasteiger partial charge on any atom is -0.496 e. The minimum absolute atomic E-state index is 0.262. The Labute approximate surface area is 143 Å². The van der Waals surface area contributed by atoms with Crippen molar-refractivity contribution in [1.29, 1.82) is 0 Å². The maximum absolute atomic E-state index is 12.6. The molecule has 0 amide bonds. The first-order valence-electron chi connectivity index (χ1n) is 8.15. The first-order chi connectivity index (χ1) is 11.6. The van der Waals surface area contributed by atoms with Crippen molar-refractivity contribution in [1.82, 2.24) is 4.90 Å². The van der Waals surface area contributed by atoms with E-state index in [0.29, 0.717) is 18.4 Å². The predicted octanol–water partition coefficient (Wildman–Crippen LogP) is 3.26. The van der Waals surface area contributed by atoms with Crippen LogP contribution in [0, 0.1) is 0 Å². The summed E-state index contributed by atoms with van der Waals surface area (Å²) in [5.41, 5.74) is 1.91. The van der Waals surface area contributed by atoms with E-state index in [1.165, 1.54) is 0 Å². The van der Waals surface area contributed by atoms with Gasteiger partial charge in [-0.3, -0.25) is 0 Å². The van der Waals surface area contributed by atoms with Crippen molar-refractivity contribution in [2.75, 3.05) is 27.7 Å². The Balaban J connectivity index is 2.09. The molecule has 1 aliphatic rings. The summed E-state index contributed by atoms with van der Waals surface area (Å²) in [6, 6.07) is 15.5. The molecule has 0 radical (unpaired) electrons. The van der Waals surface area contributed by atoms with Crippen LogP contribution in [0.15, 0.2) is 48.5 Å². The van der Waals surface area contributed by atoms with Gasteiger partial charge in [-0.2, -0.15) is 0 Å². The van der Waals surface area contributed by atoms with E-state index in [2.05, 4.69) is 4.90 Å². The van der Waals surface area contributed by atoms with E-state index in [4.69, 9.17) is 9.47 Å². The second-order valence-corrected chi connectivity index (χ2v) is 6.47. The molecule has 4 nitrogen and oxygen atoms in total. The highest BCUT2D eigenvalue weighted by Gasteiger charge is 2.43. The van der Waals surface area contributed by atoms with Crippen molar-refractivity contribution < 1.29 is 14.3 Å². The van der Waals surface area contributed by atoms with Crippen LogP contribution in [0.5, 0.6) is 5.75 Å². The van der Waals surface area contributed by atoms with E-state index in [1.807, 2.05) is 62.6 Å². The highest BCUT2D eigenvalue weighted by atomic mass is 16.6. The second kappa shape index (κ2) is 6.65. The number of ether oxygens (including phenoxy) is 2. The molecule has 0 saturated carbocycles. The number of hydrogen-bond donors (Lipinski definition) is 0. The number of cyclic esters (lactones) is 1. The predicted molar refractivity (Wildman–Crippen MR) is 93.4 cm³/mol. The molecule has 0 spiro atoms. The molecule has 4 heteroatoms. The third-order valence-corrected chi connectivity index (χ3v) is 4.56. The maximum Gasteiger partial charge on any atom is 0.339 e. The molecule has 0 aliphatic carbocycles. The van der Waals surface area contributed by atoms with Gasteiger partial charge in [-0.05, 0) is 31.8 Å². The van der Waals surface area contributed by atoms with Gasteiger partial charge in [-0.15, -0.1) is 0 Å². The summed E-state index contributed by atoms with van der Waals surface area (Å²) < 4.78 is 11.6. The molecule has 1 heterocycles. The summed E-state index contributed by atoms with van der Waals surface area (Å²) in [5.74, 6) is 0.491. The average Bonchev–Trinajstić information content (AvgIpc) is 2.60. The van der Waals surface area contributed by atoms with Crippen LogP contribution in [0.1, 0.15) is 27.9 Å². The summed E-state index contributed by atoms with van der Waals surface area (Å²) in [6.45, 7) is 0.813. The van der Waals surface area contributed by atoms with Gasteiger partial charge in [0.1, 0.15) is 11.4 Å². The van der Waals surface area contributed by atoms with E-state index >= 15 is 0 Å². The summed E-state index contributed by atoms with van der Waals surface area (Å²) in [6.07, 6.45) is 1.36. The van der Waals surface area contributed by atoms with Crippen LogP contribution in [0.3, 0.4) is 0 Å². The SMILES string of the molecule is COc1ccccc1C1(CCN(C)C)Cc2ccccc2C(=O)O1. The van der Waals surface area contributed by atoms with Gasteiger partial charge < -0.3 is 14.4 Å². The molecule has 0 N–H and O–H groups in total. The van der Waals surface area contributed by atoms with Crippen molar-refractivity contribution in [3.05, 3.63) is 65.2 Å². The monoisotopic (exact) mass is 325 g/mol. The van der Waals surface area contributed by atoms with E-state index < -0.39 is 5.60 Å². The highest BCUT2D eigenvalue weighted by Crippen LogP contribution is 2.42. The number of para-hydroxylation sites is 1. The molecule has 1 atom stereocenters. The largest absolute Gasteiger partial charge is 0.496 e. The Morgan fingerprint density at radius 2 is 1.83 bits per heavy atom. The fourth-order valence-electron chi connectivity index (χ4n) is 3.30. The molecule has 2 aromatic rings. The van der Waals surface area contributed by atoms with Crippen LogP contribution >= 0.6 is 0 Å². The van der Waals surface area contributed by atoms with Crippen molar-refractivity contribution >= 4 is 5.97 Å². The van der Waals surface area contributed by atoms with Gasteiger partial charge in [0.05, 0.1) is 12.7 Å². The molecule has 0 bridgehead atoms. The standard InChI is InChI=1S/C20H23NO3/c1-21(2)13-12-20(17-10-6-7-11-18(17)23-3)14-15-8-4-5-9-16(15)19(22)24-20/h4-11H,12-14H2,1-3H3. The van der Waals surface area contributed by atoms with E-state index in [0.717, 1.165) is 23.4 Å². The lowest BCUT2D eigenvalue weighted by molar-refractivity contribution is -0.0364. The quantitative estimate of drug-likeness (QED) is 0.791. The minimum atomic E-state index is -0.706. The molecule has 0 saturated heterocycles. The Hall–Kier alpha value is -2.33. The fraction of sp³-hybridized carbons (Fsp3) is 0.350. The van der Waals surface area contributed by atoms with Crippen molar-refractivity contribution in [2.24, 2.45) is 0 Å². The van der Waals surface area contributed by atoms with Gasteiger partial charge in [0, 0.05) is 24.9 Å². The third kappa shape index (κ3) is 3.02. The topological polar surface area (TPSA) is 38.8 Å². The van der Waals surface area contributed by atoms with Gasteiger partial charge in [0.15, 0.2) is 0 Å². The lowest BCUT2D eigenvalue weighted by Crippen LogP contribution is -2.41. The summed E-state index contributed by atoms with van der Waals surface area (Å²) in [4.78, 5) is 14.7. The van der Waals surface area contributed by atoms with Crippen LogP contribution in [0.2, 0.25) is 0 Å². The zero-order valence-corrected chi connectivity index (χ0v) is 14.4. The Kier molecular flexibility index (Phi) is 4.58. The number of fused-ring (bicyclic) bond motifs is 1. The van der Waals surface area contributed by atoms with Crippen LogP contribution in [0.25, 0.3) is 0 Å². The average molecular weight is 325 g/mol. The normalized spacial score (nSPS) is 19.8. The van der Waals surface area contributed by atoms with Gasteiger partial charge in [0.25, 0.3) is 0 Å². The summed E-state index contributed by atoms with van der Waals surface area (Å²) >= 11 is 0.